The van der Waals surface area contributed by atoms with Crippen molar-refractivity contribution in [2.75, 3.05) is 0 Å². The maximum Gasteiger partial charge on any atom is 0.573 e. The number of rotatable bonds is 2. The zero-order valence-corrected chi connectivity index (χ0v) is 10.9. The molecule has 3 rings (SSSR count). The van der Waals surface area contributed by atoms with E-state index in [-0.39, 0.29) is 5.75 Å². The van der Waals surface area contributed by atoms with Crippen LogP contribution >= 0.6 is 0 Å². The van der Waals surface area contributed by atoms with Crippen molar-refractivity contribution < 1.29 is 17.9 Å². The quantitative estimate of drug-likeness (QED) is 0.725. The van der Waals surface area contributed by atoms with E-state index >= 15 is 0 Å². The number of hydrogen-bond donors (Lipinski definition) is 0. The summed E-state index contributed by atoms with van der Waals surface area (Å²) in [6.07, 6.45) is -4.68. The standard InChI is InChI=1S/C14H10F3N3O/c1-20-13-8-10(4-7-12(13)18-19-20)9-2-5-11(6-3-9)21-14(15,16)17/h2-8H,1H3. The molecule has 1 heterocycles. The van der Waals surface area contributed by atoms with Gasteiger partial charge in [-0.15, -0.1) is 18.3 Å². The lowest BCUT2D eigenvalue weighted by molar-refractivity contribution is -0.274. The number of ether oxygens (including phenoxy) is 1. The molecule has 0 aliphatic rings. The third-order valence-corrected chi connectivity index (χ3v) is 3.03. The van der Waals surface area contributed by atoms with Crippen molar-refractivity contribution in [2.24, 2.45) is 7.05 Å². The van der Waals surface area contributed by atoms with Crippen LogP contribution < -0.4 is 4.74 Å². The first-order valence-electron chi connectivity index (χ1n) is 6.08. The van der Waals surface area contributed by atoms with E-state index in [1.165, 1.54) is 12.1 Å². The molecular weight excluding hydrogens is 283 g/mol. The molecule has 0 aliphatic heterocycles. The maximum absolute atomic E-state index is 12.1. The van der Waals surface area contributed by atoms with E-state index in [1.807, 2.05) is 18.2 Å². The van der Waals surface area contributed by atoms with Gasteiger partial charge < -0.3 is 4.74 Å². The Balaban J connectivity index is 1.93. The van der Waals surface area contributed by atoms with Crippen LogP contribution in [0.4, 0.5) is 13.2 Å². The molecule has 0 aliphatic carbocycles. The molecule has 0 saturated carbocycles. The van der Waals surface area contributed by atoms with Gasteiger partial charge in [0.15, 0.2) is 0 Å². The molecule has 0 saturated heterocycles. The highest BCUT2D eigenvalue weighted by atomic mass is 19.4. The second kappa shape index (κ2) is 4.76. The van der Waals surface area contributed by atoms with Gasteiger partial charge in [0.2, 0.25) is 0 Å². The highest BCUT2D eigenvalue weighted by Gasteiger charge is 2.30. The van der Waals surface area contributed by atoms with Crippen LogP contribution in [-0.4, -0.2) is 21.4 Å². The van der Waals surface area contributed by atoms with Gasteiger partial charge in [-0.1, -0.05) is 23.4 Å². The topological polar surface area (TPSA) is 39.9 Å². The molecule has 0 radical (unpaired) electrons. The van der Waals surface area contributed by atoms with Crippen molar-refractivity contribution >= 4 is 11.0 Å². The Hall–Kier alpha value is -2.57. The summed E-state index contributed by atoms with van der Waals surface area (Å²) in [4.78, 5) is 0. The van der Waals surface area contributed by atoms with Crippen molar-refractivity contribution in [3.8, 4) is 16.9 Å². The lowest BCUT2D eigenvalue weighted by Crippen LogP contribution is -2.16. The second-order valence-corrected chi connectivity index (χ2v) is 4.49. The highest BCUT2D eigenvalue weighted by Crippen LogP contribution is 2.27. The van der Waals surface area contributed by atoms with Crippen LogP contribution in [0.15, 0.2) is 42.5 Å². The zero-order chi connectivity index (χ0) is 15.0. The van der Waals surface area contributed by atoms with E-state index in [9.17, 15) is 13.2 Å². The Morgan fingerprint density at radius 3 is 2.33 bits per heavy atom. The van der Waals surface area contributed by atoms with Gasteiger partial charge in [0.05, 0.1) is 5.52 Å². The molecule has 0 bridgehead atoms. The van der Waals surface area contributed by atoms with E-state index < -0.39 is 6.36 Å². The Kier molecular flexibility index (Phi) is 3.04. The summed E-state index contributed by atoms with van der Waals surface area (Å²) in [5.74, 6) is -0.241. The lowest BCUT2D eigenvalue weighted by atomic mass is 10.1. The Morgan fingerprint density at radius 1 is 1.00 bits per heavy atom. The minimum atomic E-state index is -4.68. The summed E-state index contributed by atoms with van der Waals surface area (Å²) >= 11 is 0. The second-order valence-electron chi connectivity index (χ2n) is 4.49. The van der Waals surface area contributed by atoms with Crippen molar-refractivity contribution in [3.63, 3.8) is 0 Å². The molecule has 108 valence electrons. The molecule has 0 fully saturated rings. The van der Waals surface area contributed by atoms with Gasteiger partial charge in [0, 0.05) is 7.05 Å². The minimum Gasteiger partial charge on any atom is -0.406 e. The molecule has 0 N–H and O–H groups in total. The first-order valence-corrected chi connectivity index (χ1v) is 6.08. The van der Waals surface area contributed by atoms with Crippen LogP contribution in [0.5, 0.6) is 5.75 Å². The molecule has 7 heteroatoms. The van der Waals surface area contributed by atoms with E-state index in [0.29, 0.717) is 0 Å². The van der Waals surface area contributed by atoms with Gasteiger partial charge in [-0.25, -0.2) is 4.68 Å². The first kappa shape index (κ1) is 13.4. The van der Waals surface area contributed by atoms with Crippen molar-refractivity contribution in [1.29, 1.82) is 0 Å². The molecule has 21 heavy (non-hydrogen) atoms. The van der Waals surface area contributed by atoms with Crippen LogP contribution in [0.2, 0.25) is 0 Å². The smallest absolute Gasteiger partial charge is 0.406 e. The van der Waals surface area contributed by atoms with Gasteiger partial charge >= 0.3 is 6.36 Å². The third kappa shape index (κ3) is 2.81. The number of alkyl halides is 3. The largest absolute Gasteiger partial charge is 0.573 e. The van der Waals surface area contributed by atoms with Gasteiger partial charge in [-0.2, -0.15) is 0 Å². The number of benzene rings is 2. The molecule has 1 aromatic heterocycles. The van der Waals surface area contributed by atoms with E-state index in [2.05, 4.69) is 15.0 Å². The third-order valence-electron chi connectivity index (χ3n) is 3.03. The van der Waals surface area contributed by atoms with Gasteiger partial charge in [-0.05, 0) is 35.4 Å². The van der Waals surface area contributed by atoms with Crippen molar-refractivity contribution in [2.45, 2.75) is 6.36 Å². The van der Waals surface area contributed by atoms with Crippen LogP contribution in [-0.2, 0) is 7.05 Å². The Bertz CT molecular complexity index is 778. The molecule has 3 aromatic rings. The first-order chi connectivity index (χ1) is 9.92. The van der Waals surface area contributed by atoms with Crippen molar-refractivity contribution in [1.82, 2.24) is 15.0 Å². The average Bonchev–Trinajstić information content (AvgIpc) is 2.79. The molecule has 0 atom stereocenters. The fourth-order valence-corrected chi connectivity index (χ4v) is 2.06. The number of fused-ring (bicyclic) bond motifs is 1. The van der Waals surface area contributed by atoms with Gasteiger partial charge in [-0.3, -0.25) is 0 Å². The lowest BCUT2D eigenvalue weighted by Gasteiger charge is -2.09. The molecular formula is C14H10F3N3O. The minimum absolute atomic E-state index is 0.241. The Morgan fingerprint density at radius 2 is 1.67 bits per heavy atom. The fourth-order valence-electron chi connectivity index (χ4n) is 2.06. The van der Waals surface area contributed by atoms with E-state index in [1.54, 1.807) is 23.9 Å². The zero-order valence-electron chi connectivity index (χ0n) is 10.9. The molecule has 0 spiro atoms. The summed E-state index contributed by atoms with van der Waals surface area (Å²) in [6, 6.07) is 11.3. The average molecular weight is 293 g/mol. The molecule has 2 aromatic carbocycles. The summed E-state index contributed by atoms with van der Waals surface area (Å²) in [5.41, 5.74) is 3.26. The molecule has 0 unspecified atom stereocenters. The van der Waals surface area contributed by atoms with E-state index in [4.69, 9.17) is 0 Å². The van der Waals surface area contributed by atoms with Crippen LogP contribution in [0.1, 0.15) is 0 Å². The fraction of sp³-hybridized carbons (Fsp3) is 0.143. The summed E-state index contributed by atoms with van der Waals surface area (Å²) < 4.78 is 41.8. The van der Waals surface area contributed by atoms with Crippen LogP contribution in [0, 0.1) is 0 Å². The number of hydrogen-bond acceptors (Lipinski definition) is 3. The SMILES string of the molecule is Cn1nnc2ccc(-c3ccc(OC(F)(F)F)cc3)cc21. The number of halogens is 3. The summed E-state index contributed by atoms with van der Waals surface area (Å²) in [7, 11) is 1.78. The number of aryl methyl sites for hydroxylation is 1. The Labute approximate surface area is 117 Å². The normalized spacial score (nSPS) is 11.8. The number of aromatic nitrogens is 3. The van der Waals surface area contributed by atoms with Crippen LogP contribution in [0.3, 0.4) is 0 Å². The van der Waals surface area contributed by atoms with Gasteiger partial charge in [0.1, 0.15) is 11.3 Å². The number of nitrogens with zero attached hydrogens (tertiary/aromatic N) is 3. The van der Waals surface area contributed by atoms with E-state index in [0.717, 1.165) is 22.2 Å². The molecule has 0 amide bonds. The van der Waals surface area contributed by atoms with Crippen molar-refractivity contribution in [3.05, 3.63) is 42.5 Å². The summed E-state index contributed by atoms with van der Waals surface area (Å²) in [5, 5.41) is 7.88. The molecule has 4 nitrogen and oxygen atoms in total. The predicted molar refractivity (Wildman–Crippen MR) is 70.6 cm³/mol. The monoisotopic (exact) mass is 293 g/mol. The summed E-state index contributed by atoms with van der Waals surface area (Å²) in [6.45, 7) is 0. The maximum atomic E-state index is 12.1. The highest BCUT2D eigenvalue weighted by molar-refractivity contribution is 5.81. The van der Waals surface area contributed by atoms with Gasteiger partial charge in [0.25, 0.3) is 0 Å². The predicted octanol–water partition coefficient (Wildman–Crippen LogP) is 3.53. The van der Waals surface area contributed by atoms with Crippen LogP contribution in [0.25, 0.3) is 22.2 Å².